The van der Waals surface area contributed by atoms with Crippen molar-refractivity contribution in [2.75, 3.05) is 6.61 Å². The Labute approximate surface area is 41.0 Å². The molecule has 1 atom stereocenters. The van der Waals surface area contributed by atoms with Gasteiger partial charge in [0.1, 0.15) is 18.9 Å². The topological polar surface area (TPSA) is 38.7 Å². The molecule has 1 aliphatic rings. The molecular weight excluding hydrogens is 94.0 g/mol. The largest absolute Gasteiger partial charge is 0.481 e. The molecule has 0 saturated heterocycles. The highest BCUT2D eigenvalue weighted by atomic mass is 16.5. The molecule has 0 aromatic heterocycles. The normalized spacial score (nSPS) is 27.1. The van der Waals surface area contributed by atoms with E-state index < -0.39 is 0 Å². The van der Waals surface area contributed by atoms with Crippen LogP contribution in [0.3, 0.4) is 0 Å². The van der Waals surface area contributed by atoms with Crippen molar-refractivity contribution in [1.82, 2.24) is 0 Å². The van der Waals surface area contributed by atoms with Crippen LogP contribution in [0.5, 0.6) is 0 Å². The summed E-state index contributed by atoms with van der Waals surface area (Å²) in [6, 6.07) is -0.236. The molecule has 0 amide bonds. The lowest BCUT2D eigenvalue weighted by atomic mass is 10.4. The molecule has 0 bridgehead atoms. The van der Waals surface area contributed by atoms with Crippen LogP contribution in [-0.2, 0) is 9.53 Å². The molecule has 0 fully saturated rings. The first-order chi connectivity index (χ1) is 3.43. The molecule has 0 aromatic carbocycles. The quantitative estimate of drug-likeness (QED) is 0.420. The molecule has 0 spiro atoms. The van der Waals surface area contributed by atoms with Crippen molar-refractivity contribution in [2.24, 2.45) is 4.99 Å². The molecule has 0 saturated carbocycles. The second-order valence-electron chi connectivity index (χ2n) is 1.29. The van der Waals surface area contributed by atoms with Gasteiger partial charge in [-0.25, -0.2) is 4.99 Å². The Morgan fingerprint density at radius 2 is 2.86 bits per heavy atom. The van der Waals surface area contributed by atoms with Crippen molar-refractivity contribution in [1.29, 1.82) is 0 Å². The second kappa shape index (κ2) is 1.73. The molecule has 7 heavy (non-hydrogen) atoms. The van der Waals surface area contributed by atoms with Gasteiger partial charge >= 0.3 is 0 Å². The van der Waals surface area contributed by atoms with Gasteiger partial charge in [0.2, 0.25) is 0 Å². The lowest BCUT2D eigenvalue weighted by molar-refractivity contribution is -0.109. The zero-order valence-electron chi connectivity index (χ0n) is 3.70. The molecule has 38 valence electrons. The minimum atomic E-state index is -0.236. The minimum Gasteiger partial charge on any atom is -0.481 e. The fraction of sp³-hybridized carbons (Fsp3) is 0.500. The number of hydrogen-bond donors (Lipinski definition) is 0. The number of carbonyl (C=O) groups is 1. The van der Waals surface area contributed by atoms with Gasteiger partial charge in [0, 0.05) is 0 Å². The van der Waals surface area contributed by atoms with Crippen LogP contribution in [0, 0.1) is 0 Å². The second-order valence-corrected chi connectivity index (χ2v) is 1.29. The number of aldehydes is 1. The highest BCUT2D eigenvalue weighted by molar-refractivity contribution is 5.64. The van der Waals surface area contributed by atoms with Gasteiger partial charge < -0.3 is 9.53 Å². The zero-order valence-corrected chi connectivity index (χ0v) is 3.70. The standard InChI is InChI=1S/C4H5NO2/c6-1-4-2-7-3-5-4/h1,3-4H,2H2. The molecule has 1 unspecified atom stereocenters. The van der Waals surface area contributed by atoms with E-state index in [2.05, 4.69) is 9.73 Å². The Bertz CT molecular complexity index is 99.9. The summed E-state index contributed by atoms with van der Waals surface area (Å²) in [5, 5.41) is 0. The van der Waals surface area contributed by atoms with E-state index in [9.17, 15) is 4.79 Å². The van der Waals surface area contributed by atoms with E-state index in [-0.39, 0.29) is 6.04 Å². The summed E-state index contributed by atoms with van der Waals surface area (Å²) in [4.78, 5) is 13.5. The van der Waals surface area contributed by atoms with Crippen LogP contribution in [0.1, 0.15) is 0 Å². The van der Waals surface area contributed by atoms with Crippen molar-refractivity contribution in [3.8, 4) is 0 Å². The summed E-state index contributed by atoms with van der Waals surface area (Å²) in [6.07, 6.45) is 2.07. The van der Waals surface area contributed by atoms with E-state index in [1.54, 1.807) is 0 Å². The number of ether oxygens (including phenoxy) is 1. The van der Waals surface area contributed by atoms with E-state index in [4.69, 9.17) is 0 Å². The summed E-state index contributed by atoms with van der Waals surface area (Å²) in [5.41, 5.74) is 0. The van der Waals surface area contributed by atoms with Gasteiger partial charge in [-0.3, -0.25) is 0 Å². The van der Waals surface area contributed by atoms with Gasteiger partial charge in [-0.15, -0.1) is 0 Å². The zero-order chi connectivity index (χ0) is 5.11. The molecule has 0 aromatic rings. The Kier molecular flexibility index (Phi) is 1.06. The van der Waals surface area contributed by atoms with Crippen molar-refractivity contribution in [3.05, 3.63) is 0 Å². The first-order valence-corrected chi connectivity index (χ1v) is 2.02. The predicted octanol–water partition coefficient (Wildman–Crippen LogP) is -0.388. The molecule has 1 aliphatic heterocycles. The predicted molar refractivity (Wildman–Crippen MR) is 24.3 cm³/mol. The maximum absolute atomic E-state index is 9.81. The smallest absolute Gasteiger partial charge is 0.170 e. The number of carbonyl (C=O) groups excluding carboxylic acids is 1. The van der Waals surface area contributed by atoms with Gasteiger partial charge in [0.05, 0.1) is 0 Å². The molecule has 1 rings (SSSR count). The van der Waals surface area contributed by atoms with Crippen LogP contribution < -0.4 is 0 Å². The highest BCUT2D eigenvalue weighted by Crippen LogP contribution is 1.92. The third-order valence-electron chi connectivity index (χ3n) is 0.751. The average Bonchev–Trinajstić information content (AvgIpc) is 2.14. The lowest BCUT2D eigenvalue weighted by Gasteiger charge is -1.87. The van der Waals surface area contributed by atoms with E-state index in [0.29, 0.717) is 6.61 Å². The van der Waals surface area contributed by atoms with Crippen LogP contribution in [0.15, 0.2) is 4.99 Å². The minimum absolute atomic E-state index is 0.236. The van der Waals surface area contributed by atoms with E-state index in [1.165, 1.54) is 6.40 Å². The van der Waals surface area contributed by atoms with Gasteiger partial charge in [-0.05, 0) is 0 Å². The molecular formula is C4H5NO2. The maximum Gasteiger partial charge on any atom is 0.170 e. The number of aliphatic imine (C=N–C) groups is 1. The van der Waals surface area contributed by atoms with E-state index in [0.717, 1.165) is 6.29 Å². The summed E-state index contributed by atoms with van der Waals surface area (Å²) >= 11 is 0. The van der Waals surface area contributed by atoms with E-state index in [1.807, 2.05) is 0 Å². The van der Waals surface area contributed by atoms with Crippen molar-refractivity contribution >= 4 is 12.7 Å². The van der Waals surface area contributed by atoms with Crippen molar-refractivity contribution in [3.63, 3.8) is 0 Å². The number of rotatable bonds is 1. The molecule has 0 aliphatic carbocycles. The molecule has 0 N–H and O–H groups in total. The van der Waals surface area contributed by atoms with Gasteiger partial charge in [-0.1, -0.05) is 0 Å². The van der Waals surface area contributed by atoms with Crippen LogP contribution in [0.4, 0.5) is 0 Å². The van der Waals surface area contributed by atoms with Crippen molar-refractivity contribution in [2.45, 2.75) is 6.04 Å². The summed E-state index contributed by atoms with van der Waals surface area (Å²) in [5.74, 6) is 0. The fourth-order valence-corrected chi connectivity index (χ4v) is 0.380. The Morgan fingerprint density at radius 3 is 3.14 bits per heavy atom. The Balaban J connectivity index is 2.42. The Hall–Kier alpha value is -0.860. The average molecular weight is 99.1 g/mol. The third kappa shape index (κ3) is 0.765. The lowest BCUT2D eigenvalue weighted by Crippen LogP contribution is -2.06. The molecule has 1 heterocycles. The SMILES string of the molecule is O=CC1COC=N1. The Morgan fingerprint density at radius 1 is 2.00 bits per heavy atom. The molecule has 0 radical (unpaired) electrons. The fourth-order valence-electron chi connectivity index (χ4n) is 0.380. The molecule has 3 heteroatoms. The van der Waals surface area contributed by atoms with Gasteiger partial charge in [0.25, 0.3) is 0 Å². The van der Waals surface area contributed by atoms with Crippen LogP contribution in [0.2, 0.25) is 0 Å². The van der Waals surface area contributed by atoms with Crippen LogP contribution in [0.25, 0.3) is 0 Å². The number of nitrogens with zero attached hydrogens (tertiary/aromatic N) is 1. The van der Waals surface area contributed by atoms with Gasteiger partial charge in [0.15, 0.2) is 6.40 Å². The first-order valence-electron chi connectivity index (χ1n) is 2.02. The van der Waals surface area contributed by atoms with E-state index >= 15 is 0 Å². The molecule has 3 nitrogen and oxygen atoms in total. The summed E-state index contributed by atoms with van der Waals surface area (Å²) in [6.45, 7) is 0.420. The monoisotopic (exact) mass is 99.0 g/mol. The highest BCUT2D eigenvalue weighted by Gasteiger charge is 2.07. The van der Waals surface area contributed by atoms with Crippen LogP contribution >= 0.6 is 0 Å². The van der Waals surface area contributed by atoms with Crippen LogP contribution in [-0.4, -0.2) is 25.3 Å². The summed E-state index contributed by atoms with van der Waals surface area (Å²) in [7, 11) is 0. The maximum atomic E-state index is 9.81. The van der Waals surface area contributed by atoms with Crippen molar-refractivity contribution < 1.29 is 9.53 Å². The summed E-state index contributed by atoms with van der Waals surface area (Å²) < 4.78 is 4.63. The third-order valence-corrected chi connectivity index (χ3v) is 0.751. The first kappa shape index (κ1) is 4.30. The van der Waals surface area contributed by atoms with Gasteiger partial charge in [-0.2, -0.15) is 0 Å². The number of hydrogen-bond acceptors (Lipinski definition) is 3.